The second-order valence-corrected chi connectivity index (χ2v) is 8.77. The van der Waals surface area contributed by atoms with Gasteiger partial charge in [0.1, 0.15) is 17.1 Å². The number of benzene rings is 2. The molecule has 1 heterocycles. The number of amides is 1. The Hall–Kier alpha value is -3.10. The van der Waals surface area contributed by atoms with Crippen LogP contribution in [0.1, 0.15) is 40.5 Å². The number of carbonyl (C=O) groups is 1. The maximum atomic E-state index is 11.4. The molecule has 0 spiro atoms. The lowest BCUT2D eigenvalue weighted by Gasteiger charge is -2.18. The Morgan fingerprint density at radius 1 is 0.917 bits per heavy atom. The van der Waals surface area contributed by atoms with Gasteiger partial charge in [0.15, 0.2) is 5.75 Å². The van der Waals surface area contributed by atoms with Gasteiger partial charge in [0.25, 0.3) is 0 Å². The van der Waals surface area contributed by atoms with Crippen molar-refractivity contribution >= 4 is 17.1 Å². The van der Waals surface area contributed by atoms with E-state index in [4.69, 9.17) is 20.2 Å². The first-order valence-corrected chi connectivity index (χ1v) is 13.1. The number of hydrogen-bond acceptors (Lipinski definition) is 6. The average Bonchev–Trinajstić information content (AvgIpc) is 3.26. The van der Waals surface area contributed by atoms with Crippen LogP contribution in [0.3, 0.4) is 0 Å². The molecule has 2 N–H and O–H groups in total. The molecule has 0 aliphatic carbocycles. The minimum absolute atomic E-state index is 0.372. The number of para-hydroxylation sites is 1. The predicted molar refractivity (Wildman–Crippen MR) is 146 cm³/mol. The van der Waals surface area contributed by atoms with Gasteiger partial charge in [-0.15, -0.1) is 0 Å². The Morgan fingerprint density at radius 3 is 2.17 bits per heavy atom. The molecule has 36 heavy (non-hydrogen) atoms. The first-order chi connectivity index (χ1) is 17.5. The van der Waals surface area contributed by atoms with Crippen molar-refractivity contribution in [2.45, 2.75) is 47.1 Å². The molecule has 0 radical (unpaired) electrons. The largest absolute Gasteiger partial charge is 0.494 e. The lowest BCUT2D eigenvalue weighted by atomic mass is 10.2. The average molecular weight is 496 g/mol. The minimum Gasteiger partial charge on any atom is -0.494 e. The maximum Gasteiger partial charge on any atom is 0.410 e. The molecule has 0 atom stereocenters. The third kappa shape index (κ3) is 7.21. The van der Waals surface area contributed by atoms with Crippen LogP contribution in [0.25, 0.3) is 22.4 Å². The van der Waals surface area contributed by atoms with E-state index in [1.807, 2.05) is 36.4 Å². The van der Waals surface area contributed by atoms with Crippen LogP contribution >= 0.6 is 0 Å². The summed E-state index contributed by atoms with van der Waals surface area (Å²) in [6.45, 7) is 16.4. The summed E-state index contributed by atoms with van der Waals surface area (Å²) in [4.78, 5) is 21.1. The molecular weight excluding hydrogens is 454 g/mol. The van der Waals surface area contributed by atoms with Crippen molar-refractivity contribution in [1.29, 1.82) is 0 Å². The summed E-state index contributed by atoms with van der Waals surface area (Å²) in [6.07, 6.45) is 1.13. The normalized spacial score (nSPS) is 11.5. The molecule has 0 bridgehead atoms. The van der Waals surface area contributed by atoms with Crippen LogP contribution in [-0.2, 0) is 6.54 Å². The second-order valence-electron chi connectivity index (χ2n) is 8.77. The molecule has 0 saturated carbocycles. The lowest BCUT2D eigenvalue weighted by Crippen LogP contribution is -2.25. The number of nitrogens with two attached hydrogens (primary N) is 1. The molecule has 0 aliphatic rings. The zero-order chi connectivity index (χ0) is 25.9. The maximum absolute atomic E-state index is 11.4. The third-order valence-corrected chi connectivity index (χ3v) is 6.60. The number of primary amides is 1. The van der Waals surface area contributed by atoms with Crippen molar-refractivity contribution < 1.29 is 14.3 Å². The summed E-state index contributed by atoms with van der Waals surface area (Å²) in [5.74, 6) is 2.05. The van der Waals surface area contributed by atoms with E-state index in [0.29, 0.717) is 17.9 Å². The monoisotopic (exact) mass is 495 g/mol. The highest BCUT2D eigenvalue weighted by atomic mass is 16.5. The number of imidazole rings is 1. The minimum atomic E-state index is -0.845. The Bertz CT molecular complexity index is 1090. The fourth-order valence-electron chi connectivity index (χ4n) is 4.47. The SMILES string of the molecule is CCN(CC)CCCOc1ccc(-c2nc3c(OC(N)=O)cccc3n2CCCN(CC)CC)cc1. The number of aromatic nitrogens is 2. The van der Waals surface area contributed by atoms with Crippen LogP contribution in [0.5, 0.6) is 11.5 Å². The Morgan fingerprint density at radius 2 is 1.56 bits per heavy atom. The van der Waals surface area contributed by atoms with Crippen molar-refractivity contribution in [1.82, 2.24) is 19.4 Å². The van der Waals surface area contributed by atoms with Gasteiger partial charge in [-0.25, -0.2) is 9.78 Å². The van der Waals surface area contributed by atoms with Gasteiger partial charge in [-0.2, -0.15) is 0 Å². The molecule has 8 heteroatoms. The van der Waals surface area contributed by atoms with Gasteiger partial charge >= 0.3 is 6.09 Å². The van der Waals surface area contributed by atoms with E-state index in [9.17, 15) is 4.79 Å². The number of nitrogens with zero attached hydrogens (tertiary/aromatic N) is 4. The quantitative estimate of drug-likeness (QED) is 0.299. The molecule has 1 aromatic heterocycles. The topological polar surface area (TPSA) is 85.9 Å². The molecule has 0 saturated heterocycles. The standard InChI is InChI=1S/C28H41N5O3/c1-5-31(6-2)18-10-20-33-24-12-9-13-25(36-28(29)34)26(24)30-27(33)22-14-16-23(17-15-22)35-21-11-19-32(7-3)8-4/h9,12-17H,5-8,10-11,18-21H2,1-4H3,(H2,29,34). The van der Waals surface area contributed by atoms with Gasteiger partial charge in [0.2, 0.25) is 0 Å². The van der Waals surface area contributed by atoms with Crippen LogP contribution in [-0.4, -0.2) is 71.3 Å². The molecule has 8 nitrogen and oxygen atoms in total. The summed E-state index contributed by atoms with van der Waals surface area (Å²) in [5.41, 5.74) is 7.82. The van der Waals surface area contributed by atoms with Crippen molar-refractivity contribution in [3.63, 3.8) is 0 Å². The highest BCUT2D eigenvalue weighted by Gasteiger charge is 2.17. The second kappa shape index (κ2) is 13.8. The van der Waals surface area contributed by atoms with E-state index in [1.165, 1.54) is 0 Å². The van der Waals surface area contributed by atoms with E-state index in [2.05, 4.69) is 42.1 Å². The first kappa shape index (κ1) is 27.5. The number of rotatable bonds is 15. The molecule has 0 unspecified atom stereocenters. The molecule has 2 aromatic carbocycles. The number of carbonyl (C=O) groups excluding carboxylic acids is 1. The molecule has 0 aliphatic heterocycles. The molecule has 3 aromatic rings. The van der Waals surface area contributed by atoms with Gasteiger partial charge in [-0.3, -0.25) is 0 Å². The highest BCUT2D eigenvalue weighted by molar-refractivity contribution is 5.88. The summed E-state index contributed by atoms with van der Waals surface area (Å²) in [7, 11) is 0. The Labute approximate surface area is 215 Å². The fourth-order valence-corrected chi connectivity index (χ4v) is 4.47. The lowest BCUT2D eigenvalue weighted by molar-refractivity contribution is 0.211. The van der Waals surface area contributed by atoms with Gasteiger partial charge in [0, 0.05) is 18.7 Å². The number of aryl methyl sites for hydroxylation is 1. The van der Waals surface area contributed by atoms with E-state index in [0.717, 1.165) is 81.3 Å². The van der Waals surface area contributed by atoms with E-state index in [1.54, 1.807) is 6.07 Å². The van der Waals surface area contributed by atoms with Crippen molar-refractivity contribution in [3.05, 3.63) is 42.5 Å². The van der Waals surface area contributed by atoms with Gasteiger partial charge < -0.3 is 29.6 Å². The Balaban J connectivity index is 1.81. The van der Waals surface area contributed by atoms with Gasteiger partial charge in [-0.1, -0.05) is 33.8 Å². The third-order valence-electron chi connectivity index (χ3n) is 6.60. The summed E-state index contributed by atoms with van der Waals surface area (Å²) < 4.78 is 13.4. The van der Waals surface area contributed by atoms with Crippen LogP contribution in [0, 0.1) is 0 Å². The smallest absolute Gasteiger partial charge is 0.410 e. The zero-order valence-corrected chi connectivity index (χ0v) is 22.2. The van der Waals surface area contributed by atoms with Crippen LogP contribution in [0.4, 0.5) is 4.79 Å². The summed E-state index contributed by atoms with van der Waals surface area (Å²) in [6, 6.07) is 13.7. The van der Waals surface area contributed by atoms with Gasteiger partial charge in [-0.05, 0) is 82.0 Å². The number of fused-ring (bicyclic) bond motifs is 1. The van der Waals surface area contributed by atoms with Crippen molar-refractivity contribution in [2.24, 2.45) is 5.73 Å². The zero-order valence-electron chi connectivity index (χ0n) is 22.2. The summed E-state index contributed by atoms with van der Waals surface area (Å²) >= 11 is 0. The van der Waals surface area contributed by atoms with Crippen LogP contribution < -0.4 is 15.2 Å². The summed E-state index contributed by atoms with van der Waals surface area (Å²) in [5, 5.41) is 0. The Kier molecular flexibility index (Phi) is 10.6. The van der Waals surface area contributed by atoms with Crippen LogP contribution in [0.2, 0.25) is 0 Å². The van der Waals surface area contributed by atoms with Crippen LogP contribution in [0.15, 0.2) is 42.5 Å². The fraction of sp³-hybridized carbons (Fsp3) is 0.500. The van der Waals surface area contributed by atoms with Crippen molar-refractivity contribution in [2.75, 3.05) is 45.9 Å². The van der Waals surface area contributed by atoms with E-state index >= 15 is 0 Å². The van der Waals surface area contributed by atoms with Crippen molar-refractivity contribution in [3.8, 4) is 22.9 Å². The molecule has 0 fully saturated rings. The molecule has 3 rings (SSSR count). The molecular formula is C28H41N5O3. The number of hydrogen-bond donors (Lipinski definition) is 1. The van der Waals surface area contributed by atoms with E-state index in [-0.39, 0.29) is 0 Å². The first-order valence-electron chi connectivity index (χ1n) is 13.1. The molecule has 196 valence electrons. The van der Waals surface area contributed by atoms with E-state index < -0.39 is 6.09 Å². The van der Waals surface area contributed by atoms with Gasteiger partial charge in [0.05, 0.1) is 12.1 Å². The molecule has 1 amide bonds. The number of ether oxygens (including phenoxy) is 2. The predicted octanol–water partition coefficient (Wildman–Crippen LogP) is 5.00. The highest BCUT2D eigenvalue weighted by Crippen LogP contribution is 2.31.